The molecular formula is C28H34ClN3O3. The minimum atomic E-state index is -0.799. The third kappa shape index (κ3) is 6.84. The third-order valence-corrected chi connectivity index (χ3v) is 6.11. The van der Waals surface area contributed by atoms with Crippen LogP contribution in [0.15, 0.2) is 84.9 Å². The lowest BCUT2D eigenvalue weighted by Crippen LogP contribution is -2.51. The summed E-state index contributed by atoms with van der Waals surface area (Å²) in [5.74, 6) is -0.642. The Bertz CT molecular complexity index is 1040. The number of carbonyl (C=O) groups is 2. The van der Waals surface area contributed by atoms with Crippen molar-refractivity contribution in [2.45, 2.75) is 37.8 Å². The molecule has 6 nitrogen and oxygen atoms in total. The van der Waals surface area contributed by atoms with E-state index in [-0.39, 0.29) is 18.3 Å². The van der Waals surface area contributed by atoms with Gasteiger partial charge in [0.1, 0.15) is 11.8 Å². The highest BCUT2D eigenvalue weighted by Crippen LogP contribution is 2.34. The Morgan fingerprint density at radius 3 is 1.91 bits per heavy atom. The van der Waals surface area contributed by atoms with E-state index in [4.69, 9.17) is 16.2 Å². The fourth-order valence-electron chi connectivity index (χ4n) is 4.32. The van der Waals surface area contributed by atoms with Crippen LogP contribution in [0.4, 0.5) is 0 Å². The quantitative estimate of drug-likeness (QED) is 0.411. The van der Waals surface area contributed by atoms with Crippen LogP contribution in [-0.4, -0.2) is 36.4 Å². The summed E-state index contributed by atoms with van der Waals surface area (Å²) in [5.41, 5.74) is 14.2. The lowest BCUT2D eigenvalue weighted by atomic mass is 9.88. The lowest BCUT2D eigenvalue weighted by molar-refractivity contribution is -0.142. The molecule has 4 N–H and O–H groups in total. The Morgan fingerprint density at radius 1 is 0.886 bits per heavy atom. The van der Waals surface area contributed by atoms with Gasteiger partial charge in [0.15, 0.2) is 0 Å². The number of methoxy groups -OCH3 is 1. The van der Waals surface area contributed by atoms with Gasteiger partial charge < -0.3 is 21.1 Å². The summed E-state index contributed by atoms with van der Waals surface area (Å²) in [6, 6.07) is 25.5. The van der Waals surface area contributed by atoms with E-state index in [2.05, 4.69) is 0 Å². The van der Waals surface area contributed by atoms with Gasteiger partial charge in [-0.2, -0.15) is 0 Å². The molecule has 0 heterocycles. The molecule has 2 atom stereocenters. The lowest BCUT2D eigenvalue weighted by Gasteiger charge is -2.38. The van der Waals surface area contributed by atoms with Crippen LogP contribution in [-0.2, 0) is 9.59 Å². The zero-order chi connectivity index (χ0) is 24.5. The maximum absolute atomic E-state index is 14.4. The number of amides is 2. The van der Waals surface area contributed by atoms with Crippen molar-refractivity contribution in [2.24, 2.45) is 11.5 Å². The molecule has 0 unspecified atom stereocenters. The fraction of sp³-hybridized carbons (Fsp3) is 0.286. The first-order valence-corrected chi connectivity index (χ1v) is 11.5. The Morgan fingerprint density at radius 2 is 1.43 bits per heavy atom. The monoisotopic (exact) mass is 495 g/mol. The highest BCUT2D eigenvalue weighted by atomic mass is 35.5. The highest BCUT2D eigenvalue weighted by molar-refractivity contribution is 5.92. The van der Waals surface area contributed by atoms with Gasteiger partial charge in [-0.1, -0.05) is 72.8 Å². The number of hydrogen-bond acceptors (Lipinski definition) is 4. The van der Waals surface area contributed by atoms with Gasteiger partial charge in [-0.25, -0.2) is 0 Å². The molecule has 0 aliphatic heterocycles. The summed E-state index contributed by atoms with van der Waals surface area (Å²) in [6.07, 6.45) is 0.964. The molecule has 0 aliphatic rings. The molecule has 0 bridgehead atoms. The summed E-state index contributed by atoms with van der Waals surface area (Å²) in [6.45, 7) is 2.32. The second kappa shape index (κ2) is 13.5. The van der Waals surface area contributed by atoms with Gasteiger partial charge in [0.2, 0.25) is 11.8 Å². The van der Waals surface area contributed by atoms with E-state index in [1.54, 1.807) is 12.0 Å². The van der Waals surface area contributed by atoms with E-state index in [1.165, 1.54) is 0 Å². The maximum Gasteiger partial charge on any atom is 0.240 e. The number of primary amides is 1. The molecule has 3 rings (SSSR count). The molecule has 7 heteroatoms. The number of hydrogen-bond donors (Lipinski definition) is 2. The molecule has 0 radical (unpaired) electrons. The summed E-state index contributed by atoms with van der Waals surface area (Å²) in [5, 5.41) is 0. The van der Waals surface area contributed by atoms with E-state index < -0.39 is 23.9 Å². The van der Waals surface area contributed by atoms with Gasteiger partial charge >= 0.3 is 0 Å². The Kier molecular flexibility index (Phi) is 10.8. The van der Waals surface area contributed by atoms with Crippen LogP contribution >= 0.6 is 12.4 Å². The molecule has 0 saturated carbocycles. The van der Waals surface area contributed by atoms with Gasteiger partial charge in [0.05, 0.1) is 19.1 Å². The predicted octanol–water partition coefficient (Wildman–Crippen LogP) is 4.43. The summed E-state index contributed by atoms with van der Waals surface area (Å²) < 4.78 is 5.39. The molecule has 186 valence electrons. The van der Waals surface area contributed by atoms with Crippen molar-refractivity contribution in [1.29, 1.82) is 0 Å². The Balaban J connectivity index is 0.00000432. The molecule has 0 aromatic heterocycles. The van der Waals surface area contributed by atoms with E-state index in [1.807, 2.05) is 91.9 Å². The molecular weight excluding hydrogens is 462 g/mol. The van der Waals surface area contributed by atoms with Crippen LogP contribution in [0, 0.1) is 0 Å². The predicted molar refractivity (Wildman–Crippen MR) is 142 cm³/mol. The zero-order valence-electron chi connectivity index (χ0n) is 20.2. The first-order chi connectivity index (χ1) is 16.5. The van der Waals surface area contributed by atoms with Crippen LogP contribution < -0.4 is 16.2 Å². The molecule has 2 amide bonds. The van der Waals surface area contributed by atoms with E-state index >= 15 is 0 Å². The number of ether oxygens (including phenoxy) is 1. The van der Waals surface area contributed by atoms with Crippen molar-refractivity contribution in [3.05, 3.63) is 102 Å². The van der Waals surface area contributed by atoms with Crippen molar-refractivity contribution < 1.29 is 14.3 Å². The third-order valence-electron chi connectivity index (χ3n) is 6.11. The molecule has 35 heavy (non-hydrogen) atoms. The van der Waals surface area contributed by atoms with Crippen LogP contribution in [0.1, 0.15) is 48.4 Å². The number of benzene rings is 3. The Hall–Kier alpha value is -3.35. The second-order valence-electron chi connectivity index (χ2n) is 8.30. The average Bonchev–Trinajstić information content (AvgIpc) is 2.87. The van der Waals surface area contributed by atoms with Crippen LogP contribution in [0.3, 0.4) is 0 Å². The summed E-state index contributed by atoms with van der Waals surface area (Å²) in [4.78, 5) is 28.7. The van der Waals surface area contributed by atoms with E-state index in [0.29, 0.717) is 25.1 Å². The van der Waals surface area contributed by atoms with Gasteiger partial charge in [-0.3, -0.25) is 9.59 Å². The average molecular weight is 496 g/mol. The van der Waals surface area contributed by atoms with E-state index in [9.17, 15) is 9.59 Å². The largest absolute Gasteiger partial charge is 0.497 e. The van der Waals surface area contributed by atoms with Crippen molar-refractivity contribution in [3.8, 4) is 5.75 Å². The SMILES string of the molecule is COc1cccc([C@@H](C)N(C(=O)C(c2ccccc2)c2ccccc2)[C@H](CCCN)C(N)=O)c1.Cl. The molecule has 3 aromatic carbocycles. The first-order valence-electron chi connectivity index (χ1n) is 11.5. The number of carbonyl (C=O) groups excluding carboxylic acids is 2. The number of rotatable bonds is 11. The van der Waals surface area contributed by atoms with Crippen molar-refractivity contribution in [3.63, 3.8) is 0 Å². The normalized spacial score (nSPS) is 12.3. The highest BCUT2D eigenvalue weighted by Gasteiger charge is 2.37. The molecule has 3 aromatic rings. The van der Waals surface area contributed by atoms with Crippen LogP contribution in [0.2, 0.25) is 0 Å². The maximum atomic E-state index is 14.4. The van der Waals surface area contributed by atoms with Crippen LogP contribution in [0.25, 0.3) is 0 Å². The summed E-state index contributed by atoms with van der Waals surface area (Å²) in [7, 11) is 1.60. The Labute approximate surface area is 213 Å². The van der Waals surface area contributed by atoms with Gasteiger partial charge in [0.25, 0.3) is 0 Å². The second-order valence-corrected chi connectivity index (χ2v) is 8.30. The van der Waals surface area contributed by atoms with Gasteiger partial charge in [-0.05, 0) is 55.1 Å². The molecule has 0 fully saturated rings. The van der Waals surface area contributed by atoms with Gasteiger partial charge in [0, 0.05) is 0 Å². The minimum Gasteiger partial charge on any atom is -0.497 e. The standard InChI is InChI=1S/C28H33N3O3.ClH/c1-20(23-15-9-16-24(19-23)34-2)31(25(27(30)32)17-10-18-29)28(33)26(21-11-5-3-6-12-21)22-13-7-4-8-14-22;/h3-9,11-16,19-20,25-26H,10,17-18,29H2,1-2H3,(H2,30,32);1H/t20-,25-;/m1./s1. The van der Waals surface area contributed by atoms with E-state index in [0.717, 1.165) is 16.7 Å². The fourth-order valence-corrected chi connectivity index (χ4v) is 4.32. The number of halogens is 1. The summed E-state index contributed by atoms with van der Waals surface area (Å²) >= 11 is 0. The van der Waals surface area contributed by atoms with Crippen molar-refractivity contribution in [2.75, 3.05) is 13.7 Å². The van der Waals surface area contributed by atoms with Gasteiger partial charge in [-0.15, -0.1) is 12.4 Å². The molecule has 0 spiro atoms. The number of nitrogens with zero attached hydrogens (tertiary/aromatic N) is 1. The zero-order valence-corrected chi connectivity index (χ0v) is 21.0. The number of nitrogens with two attached hydrogens (primary N) is 2. The topological polar surface area (TPSA) is 98.7 Å². The van der Waals surface area contributed by atoms with Crippen LogP contribution in [0.5, 0.6) is 5.75 Å². The van der Waals surface area contributed by atoms with Crippen molar-refractivity contribution in [1.82, 2.24) is 4.90 Å². The molecule has 0 aliphatic carbocycles. The smallest absolute Gasteiger partial charge is 0.240 e. The van der Waals surface area contributed by atoms with Crippen molar-refractivity contribution >= 4 is 24.2 Å². The first kappa shape index (κ1) is 27.9. The molecule has 0 saturated heterocycles. The minimum absolute atomic E-state index is 0.